The number of hydrogen-bond donors (Lipinski definition) is 1. The molecule has 4 heteroatoms. The summed E-state index contributed by atoms with van der Waals surface area (Å²) in [5.74, 6) is 0.925. The van der Waals surface area contributed by atoms with Gasteiger partial charge >= 0.3 is 0 Å². The third-order valence-corrected chi connectivity index (χ3v) is 2.31. The van der Waals surface area contributed by atoms with E-state index in [9.17, 15) is 0 Å². The van der Waals surface area contributed by atoms with Crippen LogP contribution in [0, 0.1) is 0 Å². The van der Waals surface area contributed by atoms with Crippen LogP contribution in [0.25, 0.3) is 0 Å². The molecule has 1 heterocycles. The third-order valence-electron chi connectivity index (χ3n) is 2.31. The zero-order chi connectivity index (χ0) is 11.3. The summed E-state index contributed by atoms with van der Waals surface area (Å²) < 4.78 is 7.34. The molecule has 0 radical (unpaired) electrons. The van der Waals surface area contributed by atoms with Gasteiger partial charge in [0.2, 0.25) is 5.95 Å². The van der Waals surface area contributed by atoms with E-state index in [1.165, 1.54) is 0 Å². The summed E-state index contributed by atoms with van der Waals surface area (Å²) in [7, 11) is 1.73. The van der Waals surface area contributed by atoms with Crippen LogP contribution >= 0.6 is 0 Å². The van der Waals surface area contributed by atoms with Crippen LogP contribution < -0.4 is 5.32 Å². The minimum atomic E-state index is 0.360. The lowest BCUT2D eigenvalue weighted by Crippen LogP contribution is -2.19. The maximum absolute atomic E-state index is 5.20. The SMILES string of the molecule is CCC(COC)n1ccnc1NC(C)C. The van der Waals surface area contributed by atoms with Gasteiger partial charge in [-0.1, -0.05) is 6.92 Å². The first-order valence-electron chi connectivity index (χ1n) is 5.47. The highest BCUT2D eigenvalue weighted by atomic mass is 16.5. The Labute approximate surface area is 91.7 Å². The van der Waals surface area contributed by atoms with E-state index in [1.54, 1.807) is 7.11 Å². The largest absolute Gasteiger partial charge is 0.383 e. The van der Waals surface area contributed by atoms with Crippen molar-refractivity contribution in [3.8, 4) is 0 Å². The minimum Gasteiger partial charge on any atom is -0.383 e. The Hall–Kier alpha value is -1.03. The molecule has 0 aliphatic carbocycles. The Morgan fingerprint density at radius 1 is 1.53 bits per heavy atom. The summed E-state index contributed by atoms with van der Waals surface area (Å²) in [6.45, 7) is 7.09. The highest BCUT2D eigenvalue weighted by Crippen LogP contribution is 2.17. The number of nitrogens with zero attached hydrogens (tertiary/aromatic N) is 2. The van der Waals surface area contributed by atoms with Crippen molar-refractivity contribution < 1.29 is 4.74 Å². The molecule has 1 aromatic rings. The number of aromatic nitrogens is 2. The first-order chi connectivity index (χ1) is 7.19. The van der Waals surface area contributed by atoms with Crippen LogP contribution in [-0.4, -0.2) is 29.3 Å². The average molecular weight is 211 g/mol. The molecule has 86 valence electrons. The van der Waals surface area contributed by atoms with Crippen molar-refractivity contribution in [1.29, 1.82) is 0 Å². The number of ether oxygens (including phenoxy) is 1. The van der Waals surface area contributed by atoms with Gasteiger partial charge in [0.25, 0.3) is 0 Å². The van der Waals surface area contributed by atoms with Crippen molar-refractivity contribution in [3.63, 3.8) is 0 Å². The maximum atomic E-state index is 5.20. The Kier molecular flexibility index (Phi) is 4.62. The van der Waals surface area contributed by atoms with Crippen molar-refractivity contribution in [2.75, 3.05) is 19.0 Å². The summed E-state index contributed by atoms with van der Waals surface area (Å²) >= 11 is 0. The minimum absolute atomic E-state index is 0.360. The molecule has 1 N–H and O–H groups in total. The van der Waals surface area contributed by atoms with Crippen molar-refractivity contribution in [2.45, 2.75) is 39.3 Å². The fourth-order valence-corrected chi connectivity index (χ4v) is 1.56. The van der Waals surface area contributed by atoms with E-state index in [2.05, 4.69) is 35.6 Å². The molecule has 1 atom stereocenters. The van der Waals surface area contributed by atoms with Crippen LogP contribution in [0.1, 0.15) is 33.2 Å². The van der Waals surface area contributed by atoms with Gasteiger partial charge in [-0.15, -0.1) is 0 Å². The molecule has 0 saturated carbocycles. The van der Waals surface area contributed by atoms with Crippen LogP contribution in [0.2, 0.25) is 0 Å². The van der Waals surface area contributed by atoms with Gasteiger partial charge in [-0.3, -0.25) is 0 Å². The Morgan fingerprint density at radius 2 is 2.27 bits per heavy atom. The summed E-state index contributed by atoms with van der Waals surface area (Å²) in [4.78, 5) is 4.30. The molecule has 0 aliphatic heterocycles. The van der Waals surface area contributed by atoms with Gasteiger partial charge in [0.1, 0.15) is 0 Å². The molecule has 15 heavy (non-hydrogen) atoms. The Balaban J connectivity index is 2.77. The predicted molar refractivity (Wildman–Crippen MR) is 62.2 cm³/mol. The topological polar surface area (TPSA) is 39.1 Å². The molecule has 1 unspecified atom stereocenters. The lowest BCUT2D eigenvalue weighted by atomic mass is 10.2. The third kappa shape index (κ3) is 3.23. The summed E-state index contributed by atoms with van der Waals surface area (Å²) in [6.07, 6.45) is 4.86. The van der Waals surface area contributed by atoms with Gasteiger partial charge < -0.3 is 14.6 Å². The molecule has 0 aromatic carbocycles. The lowest BCUT2D eigenvalue weighted by molar-refractivity contribution is 0.154. The lowest BCUT2D eigenvalue weighted by Gasteiger charge is -2.19. The standard InChI is InChI=1S/C11H21N3O/c1-5-10(8-15-4)14-7-6-12-11(14)13-9(2)3/h6-7,9-10H,5,8H2,1-4H3,(H,12,13). The van der Waals surface area contributed by atoms with Gasteiger partial charge in [0, 0.05) is 25.5 Å². The number of methoxy groups -OCH3 is 1. The van der Waals surface area contributed by atoms with Crippen molar-refractivity contribution in [1.82, 2.24) is 9.55 Å². The Bertz CT molecular complexity index is 283. The molecule has 0 aliphatic rings. The van der Waals surface area contributed by atoms with Crippen LogP contribution in [0.3, 0.4) is 0 Å². The molecule has 0 spiro atoms. The van der Waals surface area contributed by atoms with Crippen LogP contribution in [0.5, 0.6) is 0 Å². The number of hydrogen-bond acceptors (Lipinski definition) is 3. The van der Waals surface area contributed by atoms with Crippen LogP contribution in [0.4, 0.5) is 5.95 Å². The normalized spacial score (nSPS) is 13.1. The Morgan fingerprint density at radius 3 is 2.80 bits per heavy atom. The number of imidazole rings is 1. The van der Waals surface area contributed by atoms with Crippen LogP contribution in [0.15, 0.2) is 12.4 Å². The van der Waals surface area contributed by atoms with E-state index in [4.69, 9.17) is 4.74 Å². The zero-order valence-electron chi connectivity index (χ0n) is 10.0. The van der Waals surface area contributed by atoms with E-state index in [0.717, 1.165) is 19.0 Å². The second kappa shape index (κ2) is 5.75. The fraction of sp³-hybridized carbons (Fsp3) is 0.727. The average Bonchev–Trinajstić information content (AvgIpc) is 2.61. The molecule has 1 rings (SSSR count). The maximum Gasteiger partial charge on any atom is 0.203 e. The second-order valence-electron chi connectivity index (χ2n) is 3.97. The van der Waals surface area contributed by atoms with Gasteiger partial charge in [-0.05, 0) is 20.3 Å². The van der Waals surface area contributed by atoms with Crippen LogP contribution in [-0.2, 0) is 4.74 Å². The number of anilines is 1. The first kappa shape index (κ1) is 12.0. The second-order valence-corrected chi connectivity index (χ2v) is 3.97. The van der Waals surface area contributed by atoms with Crippen molar-refractivity contribution in [3.05, 3.63) is 12.4 Å². The van der Waals surface area contributed by atoms with Gasteiger partial charge in [-0.25, -0.2) is 4.98 Å². The molecule has 1 aromatic heterocycles. The molecular formula is C11H21N3O. The van der Waals surface area contributed by atoms with Crippen molar-refractivity contribution in [2.24, 2.45) is 0 Å². The molecule has 0 bridgehead atoms. The predicted octanol–water partition coefficient (Wildman–Crippen LogP) is 2.30. The summed E-state index contributed by atoms with van der Waals surface area (Å²) in [6, 6.07) is 0.755. The van der Waals surface area contributed by atoms with E-state index < -0.39 is 0 Å². The first-order valence-corrected chi connectivity index (χ1v) is 5.47. The molecule has 0 saturated heterocycles. The number of rotatable bonds is 6. The van der Waals surface area contributed by atoms with E-state index in [0.29, 0.717) is 12.1 Å². The monoisotopic (exact) mass is 211 g/mol. The zero-order valence-corrected chi connectivity index (χ0v) is 10.0. The molecule has 0 fully saturated rings. The highest BCUT2D eigenvalue weighted by Gasteiger charge is 2.12. The van der Waals surface area contributed by atoms with E-state index in [-0.39, 0.29) is 0 Å². The van der Waals surface area contributed by atoms with Gasteiger partial charge in [0.05, 0.1) is 12.6 Å². The highest BCUT2D eigenvalue weighted by molar-refractivity contribution is 5.27. The molecular weight excluding hydrogens is 190 g/mol. The van der Waals surface area contributed by atoms with E-state index in [1.807, 2.05) is 12.4 Å². The smallest absolute Gasteiger partial charge is 0.203 e. The summed E-state index contributed by atoms with van der Waals surface area (Å²) in [5.41, 5.74) is 0. The van der Waals surface area contributed by atoms with E-state index >= 15 is 0 Å². The molecule has 0 amide bonds. The van der Waals surface area contributed by atoms with Crippen molar-refractivity contribution >= 4 is 5.95 Å². The molecule has 4 nitrogen and oxygen atoms in total. The number of nitrogens with one attached hydrogen (secondary N) is 1. The van der Waals surface area contributed by atoms with Gasteiger partial charge in [0.15, 0.2) is 0 Å². The van der Waals surface area contributed by atoms with Gasteiger partial charge in [-0.2, -0.15) is 0 Å². The quantitative estimate of drug-likeness (QED) is 0.784. The fourth-order valence-electron chi connectivity index (χ4n) is 1.56. The summed E-state index contributed by atoms with van der Waals surface area (Å²) in [5, 5.41) is 3.32.